The summed E-state index contributed by atoms with van der Waals surface area (Å²) in [5, 5.41) is 9.65. The third-order valence-electron chi connectivity index (χ3n) is 14.3. The Morgan fingerprint density at radius 1 is 0.400 bits per heavy atom. The van der Waals surface area contributed by atoms with E-state index in [2.05, 4.69) is 234 Å². The molecule has 0 saturated carbocycles. The van der Waals surface area contributed by atoms with Gasteiger partial charge in [-0.1, -0.05) is 194 Å². The number of para-hydroxylation sites is 2. The Balaban J connectivity index is 0.971. The van der Waals surface area contributed by atoms with E-state index in [1.54, 1.807) is 0 Å². The van der Waals surface area contributed by atoms with Gasteiger partial charge in [-0.25, -0.2) is 9.98 Å². The van der Waals surface area contributed by atoms with Gasteiger partial charge in [0.25, 0.3) is 0 Å². The Labute approximate surface area is 404 Å². The first-order chi connectivity index (χ1) is 34.7. The number of benzene rings is 10. The van der Waals surface area contributed by atoms with Crippen LogP contribution in [0.15, 0.2) is 258 Å². The van der Waals surface area contributed by atoms with Crippen LogP contribution in [0.2, 0.25) is 0 Å². The van der Waals surface area contributed by atoms with Crippen LogP contribution >= 0.6 is 0 Å². The van der Waals surface area contributed by atoms with Crippen molar-refractivity contribution in [1.29, 1.82) is 0 Å². The lowest BCUT2D eigenvalue weighted by molar-refractivity contribution is 0.732. The predicted molar refractivity (Wildman–Crippen MR) is 294 cm³/mol. The van der Waals surface area contributed by atoms with E-state index in [0.717, 1.165) is 49.8 Å². The standard InChI is InChI=1S/C65H43N5/c1-5-18-42(19-6-1)45-33-35-57-48(36-45)41-66-64(44-22-9-3-10-23-44)68-65(67-57)47-32-34-50-46(37-47)24-17-31-58(50)70-59-30-16-15-28-52(59)55-38-56-61(40-60(55)70)69(49-25-11-4-12-26-49)62-39-54(43-20-7-2-8-21-43)51-27-13-14-29-53(51)63(56)62/h1-41,48,57H. The van der Waals surface area contributed by atoms with Crippen molar-refractivity contribution in [2.45, 2.75) is 6.04 Å². The Kier molecular flexibility index (Phi) is 9.27. The molecule has 1 aliphatic carbocycles. The molecule has 0 spiro atoms. The number of aromatic nitrogens is 2. The highest BCUT2D eigenvalue weighted by atomic mass is 15.0. The van der Waals surface area contributed by atoms with E-state index in [1.165, 1.54) is 60.1 Å². The van der Waals surface area contributed by atoms with Crippen LogP contribution in [0.5, 0.6) is 0 Å². The molecule has 14 rings (SSSR count). The van der Waals surface area contributed by atoms with Gasteiger partial charge >= 0.3 is 0 Å². The van der Waals surface area contributed by atoms with E-state index in [4.69, 9.17) is 15.0 Å². The highest BCUT2D eigenvalue weighted by Crippen LogP contribution is 2.45. The second kappa shape index (κ2) is 16.3. The van der Waals surface area contributed by atoms with Crippen molar-refractivity contribution in [2.75, 3.05) is 0 Å². The van der Waals surface area contributed by atoms with Crippen LogP contribution in [0.1, 0.15) is 16.7 Å². The average Bonchev–Trinajstić information content (AvgIpc) is 3.92. The summed E-state index contributed by atoms with van der Waals surface area (Å²) in [6.07, 6.45) is 8.68. The van der Waals surface area contributed by atoms with E-state index in [9.17, 15) is 0 Å². The Morgan fingerprint density at radius 3 is 1.86 bits per heavy atom. The molecule has 5 nitrogen and oxygen atoms in total. The number of aliphatic imine (C=N–C) groups is 3. The van der Waals surface area contributed by atoms with Gasteiger partial charge in [0.15, 0.2) is 11.7 Å². The molecule has 0 radical (unpaired) electrons. The fourth-order valence-corrected chi connectivity index (χ4v) is 11.0. The number of allylic oxidation sites excluding steroid dienone is 2. The van der Waals surface area contributed by atoms with Crippen molar-refractivity contribution >= 4 is 88.6 Å². The molecule has 5 heteroatoms. The summed E-state index contributed by atoms with van der Waals surface area (Å²) < 4.78 is 4.93. The van der Waals surface area contributed by atoms with Crippen LogP contribution in [0.3, 0.4) is 0 Å². The van der Waals surface area contributed by atoms with Crippen molar-refractivity contribution in [1.82, 2.24) is 9.13 Å². The third-order valence-corrected chi connectivity index (χ3v) is 14.3. The minimum Gasteiger partial charge on any atom is -0.309 e. The van der Waals surface area contributed by atoms with E-state index in [-0.39, 0.29) is 12.0 Å². The first-order valence-electron chi connectivity index (χ1n) is 24.0. The molecule has 2 aliphatic rings. The number of fused-ring (bicyclic) bond motifs is 10. The second-order valence-corrected chi connectivity index (χ2v) is 18.3. The fourth-order valence-electron chi connectivity index (χ4n) is 11.0. The highest BCUT2D eigenvalue weighted by Gasteiger charge is 2.25. The largest absolute Gasteiger partial charge is 0.309 e. The van der Waals surface area contributed by atoms with Gasteiger partial charge in [0.1, 0.15) is 0 Å². The lowest BCUT2D eigenvalue weighted by atomic mass is 9.89. The van der Waals surface area contributed by atoms with Gasteiger partial charge in [0, 0.05) is 55.9 Å². The molecular weight excluding hydrogens is 851 g/mol. The van der Waals surface area contributed by atoms with E-state index < -0.39 is 0 Å². The Bertz CT molecular complexity index is 4210. The maximum absolute atomic E-state index is 5.41. The van der Waals surface area contributed by atoms with E-state index >= 15 is 0 Å². The predicted octanol–water partition coefficient (Wildman–Crippen LogP) is 15.8. The van der Waals surface area contributed by atoms with Crippen LogP contribution in [0, 0.1) is 5.92 Å². The monoisotopic (exact) mass is 893 g/mol. The lowest BCUT2D eigenvalue weighted by Gasteiger charge is -2.23. The van der Waals surface area contributed by atoms with Gasteiger partial charge in [-0.2, -0.15) is 0 Å². The van der Waals surface area contributed by atoms with E-state index in [0.29, 0.717) is 11.7 Å². The van der Waals surface area contributed by atoms with Crippen molar-refractivity contribution in [3.05, 3.63) is 259 Å². The summed E-state index contributed by atoms with van der Waals surface area (Å²) in [5.74, 6) is 1.27. The molecule has 328 valence electrons. The summed E-state index contributed by atoms with van der Waals surface area (Å²) in [4.78, 5) is 15.7. The van der Waals surface area contributed by atoms with Crippen molar-refractivity contribution in [2.24, 2.45) is 20.9 Å². The molecule has 0 saturated heterocycles. The SMILES string of the molecule is C1=CC2N=C(c3ccc4c(-n5c6ccccc6c6cc7c8c9ccccc9c(-c9ccccc9)cc8n(-c8ccccc8)c7cc65)cccc4c3)N=C(c3ccccc3)N=CC2C=C1c1ccccc1. The van der Waals surface area contributed by atoms with Crippen molar-refractivity contribution in [3.8, 4) is 22.5 Å². The number of nitrogens with zero attached hydrogens (tertiary/aromatic N) is 5. The molecule has 12 aromatic rings. The molecule has 70 heavy (non-hydrogen) atoms. The minimum absolute atomic E-state index is 0.0385. The summed E-state index contributed by atoms with van der Waals surface area (Å²) in [6.45, 7) is 0. The maximum atomic E-state index is 5.41. The van der Waals surface area contributed by atoms with Crippen LogP contribution in [0.25, 0.3) is 93.2 Å². The zero-order valence-electron chi connectivity index (χ0n) is 38.1. The lowest BCUT2D eigenvalue weighted by Crippen LogP contribution is -2.23. The highest BCUT2D eigenvalue weighted by molar-refractivity contribution is 6.27. The fraction of sp³-hybridized carbons (Fsp3) is 0.0308. The Hall–Kier alpha value is -9.19. The molecule has 2 atom stereocenters. The van der Waals surface area contributed by atoms with Crippen molar-refractivity contribution < 1.29 is 0 Å². The zero-order valence-corrected chi connectivity index (χ0v) is 38.1. The number of hydrogen-bond donors (Lipinski definition) is 0. The van der Waals surface area contributed by atoms with Crippen LogP contribution in [-0.4, -0.2) is 33.1 Å². The quantitative estimate of drug-likeness (QED) is 0.160. The molecule has 1 aliphatic heterocycles. The number of rotatable bonds is 6. The molecule has 2 aromatic heterocycles. The van der Waals surface area contributed by atoms with Gasteiger partial charge in [-0.15, -0.1) is 0 Å². The second-order valence-electron chi connectivity index (χ2n) is 18.3. The molecule has 3 heterocycles. The van der Waals surface area contributed by atoms with Crippen LogP contribution in [-0.2, 0) is 0 Å². The molecule has 0 bridgehead atoms. The van der Waals surface area contributed by atoms with Gasteiger partial charge in [0.2, 0.25) is 0 Å². The van der Waals surface area contributed by atoms with Gasteiger partial charge in [-0.05, 0) is 87.0 Å². The molecule has 0 amide bonds. The average molecular weight is 894 g/mol. The van der Waals surface area contributed by atoms with Crippen molar-refractivity contribution in [3.63, 3.8) is 0 Å². The number of amidine groups is 2. The van der Waals surface area contributed by atoms with Gasteiger partial charge in [0.05, 0.1) is 33.8 Å². The normalized spacial score (nSPS) is 15.9. The smallest absolute Gasteiger partial charge is 0.161 e. The summed E-state index contributed by atoms with van der Waals surface area (Å²) in [6, 6.07) is 80.5. The summed E-state index contributed by atoms with van der Waals surface area (Å²) in [7, 11) is 0. The first-order valence-corrected chi connectivity index (χ1v) is 24.0. The molecule has 0 N–H and O–H groups in total. The topological polar surface area (TPSA) is 46.9 Å². The molecule has 0 fully saturated rings. The van der Waals surface area contributed by atoms with Gasteiger partial charge < -0.3 is 9.13 Å². The maximum Gasteiger partial charge on any atom is 0.161 e. The first kappa shape index (κ1) is 39.9. The third kappa shape index (κ3) is 6.51. The van der Waals surface area contributed by atoms with E-state index in [1.807, 2.05) is 24.4 Å². The molecule has 2 unspecified atom stereocenters. The number of hydrogen-bond acceptors (Lipinski definition) is 3. The molecular formula is C65H43N5. The summed E-state index contributed by atoms with van der Waals surface area (Å²) >= 11 is 0. The zero-order chi connectivity index (χ0) is 46.1. The van der Waals surface area contributed by atoms with Gasteiger partial charge in [-0.3, -0.25) is 4.99 Å². The van der Waals surface area contributed by atoms with Crippen LogP contribution in [0.4, 0.5) is 0 Å². The minimum atomic E-state index is -0.154. The summed E-state index contributed by atoms with van der Waals surface area (Å²) in [5.41, 5.74) is 13.6. The molecule has 10 aromatic carbocycles. The Morgan fingerprint density at radius 2 is 1.07 bits per heavy atom. The van der Waals surface area contributed by atoms with Crippen LogP contribution < -0.4 is 0 Å².